The van der Waals surface area contributed by atoms with E-state index in [0.29, 0.717) is 35.1 Å². The van der Waals surface area contributed by atoms with Crippen LogP contribution in [0.25, 0.3) is 22.5 Å². The third-order valence-corrected chi connectivity index (χ3v) is 5.97. The number of aryl methyl sites for hydroxylation is 1. The summed E-state index contributed by atoms with van der Waals surface area (Å²) in [7, 11) is 6.10. The van der Waals surface area contributed by atoms with Crippen molar-refractivity contribution >= 4 is 5.97 Å². The second kappa shape index (κ2) is 10.4. The standard InChI is InChI=1S/C29H29NO5/c1-19-11-13-21(14-12-19)24-17-23(29(31)35-5)27(30(24)18-20-9-7-6-8-10-20)22-15-25(32-2)28(34-4)26(16-22)33-3/h6-17H,18H2,1-5H3. The highest BCUT2D eigenvalue weighted by atomic mass is 16.5. The zero-order valence-corrected chi connectivity index (χ0v) is 20.6. The van der Waals surface area contributed by atoms with Gasteiger partial charge in [0.2, 0.25) is 5.75 Å². The van der Waals surface area contributed by atoms with Crippen molar-refractivity contribution in [2.24, 2.45) is 0 Å². The monoisotopic (exact) mass is 471 g/mol. The molecule has 0 saturated carbocycles. The number of esters is 1. The van der Waals surface area contributed by atoms with Gasteiger partial charge in [-0.15, -0.1) is 0 Å². The Balaban J connectivity index is 2.04. The van der Waals surface area contributed by atoms with E-state index in [4.69, 9.17) is 18.9 Å². The molecule has 0 amide bonds. The summed E-state index contributed by atoms with van der Waals surface area (Å²) in [4.78, 5) is 13.0. The van der Waals surface area contributed by atoms with E-state index in [-0.39, 0.29) is 0 Å². The molecule has 6 nitrogen and oxygen atoms in total. The molecule has 3 aromatic carbocycles. The van der Waals surface area contributed by atoms with Crippen molar-refractivity contribution in [2.75, 3.05) is 28.4 Å². The lowest BCUT2D eigenvalue weighted by molar-refractivity contribution is 0.0601. The van der Waals surface area contributed by atoms with Gasteiger partial charge in [0, 0.05) is 17.8 Å². The van der Waals surface area contributed by atoms with Crippen LogP contribution in [0.4, 0.5) is 0 Å². The van der Waals surface area contributed by atoms with Gasteiger partial charge in [0.05, 0.1) is 39.7 Å². The Morgan fingerprint density at radius 2 is 1.40 bits per heavy atom. The maximum absolute atomic E-state index is 13.0. The number of benzene rings is 3. The Morgan fingerprint density at radius 3 is 1.94 bits per heavy atom. The molecule has 0 saturated heterocycles. The first kappa shape index (κ1) is 24.0. The number of hydrogen-bond acceptors (Lipinski definition) is 5. The average Bonchev–Trinajstić information content (AvgIpc) is 3.27. The Kier molecular flexibility index (Phi) is 7.11. The zero-order chi connectivity index (χ0) is 24.9. The van der Waals surface area contributed by atoms with Crippen molar-refractivity contribution in [1.29, 1.82) is 0 Å². The maximum Gasteiger partial charge on any atom is 0.340 e. The van der Waals surface area contributed by atoms with Crippen LogP contribution in [0.2, 0.25) is 0 Å². The van der Waals surface area contributed by atoms with Gasteiger partial charge in [0.25, 0.3) is 0 Å². The maximum atomic E-state index is 13.0. The zero-order valence-electron chi connectivity index (χ0n) is 20.6. The number of ether oxygens (including phenoxy) is 4. The summed E-state index contributed by atoms with van der Waals surface area (Å²) < 4.78 is 24.0. The predicted octanol–water partition coefficient (Wildman–Crippen LogP) is 5.99. The number of aromatic nitrogens is 1. The molecule has 0 aliphatic heterocycles. The number of rotatable bonds is 8. The molecule has 35 heavy (non-hydrogen) atoms. The average molecular weight is 472 g/mol. The fourth-order valence-electron chi connectivity index (χ4n) is 4.24. The van der Waals surface area contributed by atoms with E-state index in [1.165, 1.54) is 7.11 Å². The van der Waals surface area contributed by atoms with E-state index in [1.807, 2.05) is 43.3 Å². The van der Waals surface area contributed by atoms with Crippen LogP contribution in [0.3, 0.4) is 0 Å². The lowest BCUT2D eigenvalue weighted by Crippen LogP contribution is -2.08. The van der Waals surface area contributed by atoms with E-state index in [1.54, 1.807) is 21.3 Å². The van der Waals surface area contributed by atoms with Gasteiger partial charge in [-0.2, -0.15) is 0 Å². The molecule has 4 aromatic rings. The molecule has 0 N–H and O–H groups in total. The summed E-state index contributed by atoms with van der Waals surface area (Å²) >= 11 is 0. The number of methoxy groups -OCH3 is 4. The molecule has 0 radical (unpaired) electrons. The van der Waals surface area contributed by atoms with Gasteiger partial charge in [-0.1, -0.05) is 60.2 Å². The molecule has 0 unspecified atom stereocenters. The lowest BCUT2D eigenvalue weighted by atomic mass is 10.1. The van der Waals surface area contributed by atoms with Gasteiger partial charge in [-0.3, -0.25) is 0 Å². The van der Waals surface area contributed by atoms with Crippen molar-refractivity contribution in [3.63, 3.8) is 0 Å². The van der Waals surface area contributed by atoms with Crippen molar-refractivity contribution in [2.45, 2.75) is 13.5 Å². The molecule has 6 heteroatoms. The first-order valence-electron chi connectivity index (χ1n) is 11.2. The second-order valence-corrected chi connectivity index (χ2v) is 8.14. The van der Waals surface area contributed by atoms with Crippen LogP contribution in [0.5, 0.6) is 17.2 Å². The summed E-state index contributed by atoms with van der Waals surface area (Å²) in [5.41, 5.74) is 6.06. The molecule has 1 aromatic heterocycles. The Labute approximate surface area is 205 Å². The SMILES string of the molecule is COC(=O)c1cc(-c2ccc(C)cc2)n(Cc2ccccc2)c1-c1cc(OC)c(OC)c(OC)c1. The number of carbonyl (C=O) groups excluding carboxylic acids is 1. The van der Waals surface area contributed by atoms with Gasteiger partial charge < -0.3 is 23.5 Å². The largest absolute Gasteiger partial charge is 0.493 e. The second-order valence-electron chi connectivity index (χ2n) is 8.14. The molecular weight excluding hydrogens is 442 g/mol. The normalized spacial score (nSPS) is 10.7. The van der Waals surface area contributed by atoms with Crippen LogP contribution < -0.4 is 14.2 Å². The van der Waals surface area contributed by atoms with Crippen molar-refractivity contribution < 1.29 is 23.7 Å². The van der Waals surface area contributed by atoms with Gasteiger partial charge in [-0.25, -0.2) is 4.79 Å². The van der Waals surface area contributed by atoms with Crippen molar-refractivity contribution in [3.8, 4) is 39.8 Å². The quantitative estimate of drug-likeness (QED) is 0.295. The molecule has 0 aliphatic carbocycles. The van der Waals surface area contributed by atoms with Gasteiger partial charge in [-0.05, 0) is 36.2 Å². The lowest BCUT2D eigenvalue weighted by Gasteiger charge is -2.18. The molecule has 0 fully saturated rings. The van der Waals surface area contributed by atoms with E-state index in [0.717, 1.165) is 27.9 Å². The third-order valence-electron chi connectivity index (χ3n) is 5.97. The Morgan fingerprint density at radius 1 is 0.771 bits per heavy atom. The molecule has 4 rings (SSSR count). The minimum atomic E-state index is -0.422. The number of nitrogens with zero attached hydrogens (tertiary/aromatic N) is 1. The van der Waals surface area contributed by atoms with Crippen LogP contribution in [0.15, 0.2) is 72.8 Å². The van der Waals surface area contributed by atoms with E-state index >= 15 is 0 Å². The van der Waals surface area contributed by atoms with Crippen molar-refractivity contribution in [3.05, 3.63) is 89.5 Å². The molecule has 1 heterocycles. The summed E-state index contributed by atoms with van der Waals surface area (Å²) in [5, 5.41) is 0. The highest BCUT2D eigenvalue weighted by molar-refractivity contribution is 5.99. The predicted molar refractivity (Wildman–Crippen MR) is 137 cm³/mol. The van der Waals surface area contributed by atoms with E-state index in [9.17, 15) is 4.79 Å². The minimum Gasteiger partial charge on any atom is -0.493 e. The highest BCUT2D eigenvalue weighted by Gasteiger charge is 2.25. The molecule has 180 valence electrons. The van der Waals surface area contributed by atoms with E-state index in [2.05, 4.69) is 41.0 Å². The fraction of sp³-hybridized carbons (Fsp3) is 0.207. The summed E-state index contributed by atoms with van der Waals surface area (Å²) in [5.74, 6) is 1.07. The topological polar surface area (TPSA) is 58.9 Å². The van der Waals surface area contributed by atoms with Crippen LogP contribution in [-0.4, -0.2) is 39.0 Å². The van der Waals surface area contributed by atoms with Crippen LogP contribution in [-0.2, 0) is 11.3 Å². The molecule has 0 atom stereocenters. The summed E-state index contributed by atoms with van der Waals surface area (Å²) in [6.45, 7) is 2.60. The van der Waals surface area contributed by atoms with Crippen LogP contribution >= 0.6 is 0 Å². The molecule has 0 aliphatic rings. The van der Waals surface area contributed by atoms with Crippen molar-refractivity contribution in [1.82, 2.24) is 4.57 Å². The number of carbonyl (C=O) groups is 1. The van der Waals surface area contributed by atoms with Gasteiger partial charge >= 0.3 is 5.97 Å². The Bertz CT molecular complexity index is 1300. The Hall–Kier alpha value is -4.19. The van der Waals surface area contributed by atoms with Gasteiger partial charge in [0.1, 0.15) is 0 Å². The highest BCUT2D eigenvalue weighted by Crippen LogP contribution is 2.43. The minimum absolute atomic E-state index is 0.422. The first-order chi connectivity index (χ1) is 17.0. The molecule has 0 bridgehead atoms. The fourth-order valence-corrected chi connectivity index (χ4v) is 4.24. The van der Waals surface area contributed by atoms with Gasteiger partial charge in [0.15, 0.2) is 11.5 Å². The van der Waals surface area contributed by atoms with Crippen LogP contribution in [0, 0.1) is 6.92 Å². The molecular formula is C29H29NO5. The smallest absolute Gasteiger partial charge is 0.340 e. The summed E-state index contributed by atoms with van der Waals surface area (Å²) in [6, 6.07) is 24.0. The molecule has 0 spiro atoms. The summed E-state index contributed by atoms with van der Waals surface area (Å²) in [6.07, 6.45) is 0. The van der Waals surface area contributed by atoms with E-state index < -0.39 is 5.97 Å². The van der Waals surface area contributed by atoms with Crippen LogP contribution in [0.1, 0.15) is 21.5 Å². The third kappa shape index (κ3) is 4.73. The first-order valence-corrected chi connectivity index (χ1v) is 11.2. The number of hydrogen-bond donors (Lipinski definition) is 0.